The van der Waals surface area contributed by atoms with E-state index in [2.05, 4.69) is 10.4 Å². The number of nitrogens with zero attached hydrogens (tertiary/aromatic N) is 2. The van der Waals surface area contributed by atoms with E-state index in [-0.39, 0.29) is 17.6 Å². The van der Waals surface area contributed by atoms with E-state index in [1.165, 1.54) is 5.01 Å². The fourth-order valence-electron chi connectivity index (χ4n) is 2.37. The number of rotatable bonds is 7. The number of carbonyl (C=O) groups is 2. The number of amides is 1. The van der Waals surface area contributed by atoms with E-state index in [1.54, 1.807) is 19.4 Å². The summed E-state index contributed by atoms with van der Waals surface area (Å²) in [7, 11) is 1.55. The molecule has 1 amide bonds. The molecule has 130 valence electrons. The predicted octanol–water partition coefficient (Wildman–Crippen LogP) is 1.94. The first-order valence-electron chi connectivity index (χ1n) is 8.00. The smallest absolute Gasteiger partial charge is 0.311 e. The second-order valence-electron chi connectivity index (χ2n) is 5.55. The summed E-state index contributed by atoms with van der Waals surface area (Å²) in [5.41, 5.74) is 4.69. The highest BCUT2D eigenvalue weighted by Gasteiger charge is 2.28. The quantitative estimate of drug-likeness (QED) is 0.768. The Balaban J connectivity index is 2.02. The van der Waals surface area contributed by atoms with Crippen LogP contribution in [0.4, 0.5) is 0 Å². The Morgan fingerprint density at radius 2 is 2.25 bits per heavy atom. The van der Waals surface area contributed by atoms with Gasteiger partial charge in [0.2, 0.25) is 5.88 Å². The van der Waals surface area contributed by atoms with E-state index < -0.39 is 0 Å². The maximum absolute atomic E-state index is 12.5. The molecule has 0 unspecified atom stereocenters. The Labute approximate surface area is 141 Å². The largest absolute Gasteiger partial charge is 0.481 e. The van der Waals surface area contributed by atoms with E-state index >= 15 is 0 Å². The fraction of sp³-hybridized carbons (Fsp3) is 0.471. The minimum Gasteiger partial charge on any atom is -0.481 e. The molecule has 0 aliphatic carbocycles. The van der Waals surface area contributed by atoms with Gasteiger partial charge in [0.25, 0.3) is 0 Å². The summed E-state index contributed by atoms with van der Waals surface area (Å²) in [6.45, 7) is 4.61. The van der Waals surface area contributed by atoms with Crippen LogP contribution in [-0.2, 0) is 20.9 Å². The maximum Gasteiger partial charge on any atom is 0.311 e. The van der Waals surface area contributed by atoms with E-state index in [0.29, 0.717) is 38.2 Å². The van der Waals surface area contributed by atoms with Crippen LogP contribution in [0.15, 0.2) is 29.7 Å². The first kappa shape index (κ1) is 17.9. The molecule has 2 rings (SSSR count). The number of pyridine rings is 1. The molecule has 0 saturated heterocycles. The van der Waals surface area contributed by atoms with Gasteiger partial charge in [-0.3, -0.25) is 14.6 Å². The predicted molar refractivity (Wildman–Crippen MR) is 87.7 cm³/mol. The van der Waals surface area contributed by atoms with Gasteiger partial charge in [-0.1, -0.05) is 13.0 Å². The molecule has 7 nitrogen and oxygen atoms in total. The van der Waals surface area contributed by atoms with Gasteiger partial charge < -0.3 is 9.47 Å². The monoisotopic (exact) mass is 333 g/mol. The summed E-state index contributed by atoms with van der Waals surface area (Å²) in [6.07, 6.45) is 3.27. The molecule has 7 heteroatoms. The highest BCUT2D eigenvalue weighted by molar-refractivity contribution is 5.95. The van der Waals surface area contributed by atoms with Crippen molar-refractivity contribution in [1.82, 2.24) is 15.4 Å². The summed E-state index contributed by atoms with van der Waals surface area (Å²) in [5.74, 6) is -0.0665. The lowest BCUT2D eigenvalue weighted by molar-refractivity contribution is -0.147. The molecular weight excluding hydrogens is 310 g/mol. The molecular formula is C17H23N3O4. The Hall–Kier alpha value is -2.41. The summed E-state index contributed by atoms with van der Waals surface area (Å²) >= 11 is 0. The molecule has 0 aromatic carbocycles. The highest BCUT2D eigenvalue weighted by atomic mass is 16.5. The first-order chi connectivity index (χ1) is 11.6. The maximum atomic E-state index is 12.5. The number of hydrogen-bond donors (Lipinski definition) is 1. The number of esters is 1. The average Bonchev–Trinajstić information content (AvgIpc) is 2.58. The zero-order valence-corrected chi connectivity index (χ0v) is 14.3. The third-order valence-corrected chi connectivity index (χ3v) is 3.71. The molecule has 1 aliphatic rings. The van der Waals surface area contributed by atoms with Gasteiger partial charge in [0.1, 0.15) is 0 Å². The van der Waals surface area contributed by atoms with Crippen molar-refractivity contribution in [2.75, 3.05) is 13.7 Å². The molecule has 0 bridgehead atoms. The second kappa shape index (κ2) is 8.44. The van der Waals surface area contributed by atoms with E-state index in [4.69, 9.17) is 9.47 Å². The Morgan fingerprint density at radius 3 is 2.96 bits per heavy atom. The normalized spacial score (nSPS) is 14.8. The van der Waals surface area contributed by atoms with Crippen molar-refractivity contribution in [2.24, 2.45) is 0 Å². The van der Waals surface area contributed by atoms with E-state index in [9.17, 15) is 9.59 Å². The molecule has 0 radical (unpaired) electrons. The van der Waals surface area contributed by atoms with Crippen LogP contribution in [0.2, 0.25) is 0 Å². The lowest BCUT2D eigenvalue weighted by Gasteiger charge is -2.29. The Bertz CT molecular complexity index is 642. The van der Waals surface area contributed by atoms with Gasteiger partial charge in [-0.25, -0.2) is 10.4 Å². The first-order valence-corrected chi connectivity index (χ1v) is 8.00. The van der Waals surface area contributed by atoms with Gasteiger partial charge in [-0.2, -0.15) is 0 Å². The molecule has 2 heterocycles. The van der Waals surface area contributed by atoms with Gasteiger partial charge in [0, 0.05) is 31.3 Å². The van der Waals surface area contributed by atoms with Gasteiger partial charge >= 0.3 is 11.9 Å². The highest BCUT2D eigenvalue weighted by Crippen LogP contribution is 2.20. The minimum atomic E-state index is -0.379. The van der Waals surface area contributed by atoms with Crippen LogP contribution in [0, 0.1) is 0 Å². The molecule has 0 saturated carbocycles. The van der Waals surface area contributed by atoms with Crippen molar-refractivity contribution in [3.05, 3.63) is 35.2 Å². The van der Waals surface area contributed by atoms with Crippen molar-refractivity contribution >= 4 is 11.9 Å². The third kappa shape index (κ3) is 4.32. The lowest BCUT2D eigenvalue weighted by atomic mass is 10.1. The van der Waals surface area contributed by atoms with E-state index in [0.717, 1.165) is 11.1 Å². The van der Waals surface area contributed by atoms with Crippen molar-refractivity contribution in [3.63, 3.8) is 0 Å². The van der Waals surface area contributed by atoms with Crippen LogP contribution in [0.5, 0.6) is 5.88 Å². The standard InChI is InChI=1S/C17H23N3O4/c1-4-6-14(21)24-15-12(2)8-10-20(17(15)22)19-11-13-7-5-9-18-16(13)23-3/h5,7,9,19H,4,6,8,10-11H2,1-3H3. The number of ether oxygens (including phenoxy) is 2. The van der Waals surface area contributed by atoms with Crippen molar-refractivity contribution in [3.8, 4) is 5.88 Å². The molecule has 1 aliphatic heterocycles. The second-order valence-corrected chi connectivity index (χ2v) is 5.55. The summed E-state index contributed by atoms with van der Waals surface area (Å²) < 4.78 is 10.5. The number of nitrogens with one attached hydrogen (secondary N) is 1. The Morgan fingerprint density at radius 1 is 1.46 bits per heavy atom. The number of hydrogen-bond acceptors (Lipinski definition) is 6. The summed E-state index contributed by atoms with van der Waals surface area (Å²) in [6, 6.07) is 3.68. The summed E-state index contributed by atoms with van der Waals surface area (Å²) in [4.78, 5) is 28.4. The van der Waals surface area contributed by atoms with Crippen LogP contribution in [0.3, 0.4) is 0 Å². The average molecular weight is 333 g/mol. The number of carbonyl (C=O) groups excluding carboxylic acids is 2. The topological polar surface area (TPSA) is 80.8 Å². The molecule has 0 spiro atoms. The van der Waals surface area contributed by atoms with Gasteiger partial charge in [-0.05, 0) is 31.4 Å². The van der Waals surface area contributed by atoms with Crippen molar-refractivity contribution in [1.29, 1.82) is 0 Å². The zero-order chi connectivity index (χ0) is 17.5. The van der Waals surface area contributed by atoms with Crippen LogP contribution < -0.4 is 10.2 Å². The molecule has 0 fully saturated rings. The van der Waals surface area contributed by atoms with E-state index in [1.807, 2.05) is 19.9 Å². The molecule has 1 aromatic heterocycles. The Kier molecular flexibility index (Phi) is 6.31. The van der Waals surface area contributed by atoms with Crippen LogP contribution in [-0.4, -0.2) is 35.5 Å². The number of aromatic nitrogens is 1. The zero-order valence-electron chi connectivity index (χ0n) is 14.3. The SMILES string of the molecule is CCCC(=O)OC1=C(C)CCN(NCc2cccnc2OC)C1=O. The minimum absolute atomic E-state index is 0.130. The van der Waals surface area contributed by atoms with Crippen molar-refractivity contribution in [2.45, 2.75) is 39.7 Å². The molecule has 1 aromatic rings. The summed E-state index contributed by atoms with van der Waals surface area (Å²) in [5, 5.41) is 1.47. The molecule has 0 atom stereocenters. The van der Waals surface area contributed by atoms with Crippen LogP contribution in [0.1, 0.15) is 38.7 Å². The third-order valence-electron chi connectivity index (χ3n) is 3.71. The van der Waals surface area contributed by atoms with Crippen LogP contribution in [0.25, 0.3) is 0 Å². The lowest BCUT2D eigenvalue weighted by Crippen LogP contribution is -2.47. The van der Waals surface area contributed by atoms with Crippen molar-refractivity contribution < 1.29 is 19.1 Å². The molecule has 24 heavy (non-hydrogen) atoms. The van der Waals surface area contributed by atoms with Gasteiger partial charge in [0.15, 0.2) is 5.76 Å². The number of methoxy groups -OCH3 is 1. The van der Waals surface area contributed by atoms with Gasteiger partial charge in [-0.15, -0.1) is 0 Å². The fourth-order valence-corrected chi connectivity index (χ4v) is 2.37. The van der Waals surface area contributed by atoms with Crippen LogP contribution >= 0.6 is 0 Å². The number of hydrazine groups is 1. The van der Waals surface area contributed by atoms with Gasteiger partial charge in [0.05, 0.1) is 7.11 Å². The molecule has 1 N–H and O–H groups in total.